The number of aliphatic hydroxyl groups is 1. The van der Waals surface area contributed by atoms with Gasteiger partial charge in [-0.25, -0.2) is 4.79 Å². The lowest BCUT2D eigenvalue weighted by atomic mass is 10.1. The molecule has 17 heavy (non-hydrogen) atoms. The zero-order chi connectivity index (χ0) is 12.5. The highest BCUT2D eigenvalue weighted by molar-refractivity contribution is 5.81. The van der Waals surface area contributed by atoms with E-state index in [-0.39, 0.29) is 12.6 Å². The molecule has 0 bridgehead atoms. The number of ether oxygens (including phenoxy) is 1. The summed E-state index contributed by atoms with van der Waals surface area (Å²) >= 11 is 0. The molecule has 1 fully saturated rings. The van der Waals surface area contributed by atoms with Gasteiger partial charge in [0.1, 0.15) is 0 Å². The molecule has 1 atom stereocenters. The SMILES string of the molecule is CCOC(=O)/C=C/CN1CCCC1CCCO. The van der Waals surface area contributed by atoms with Crippen molar-refractivity contribution in [2.24, 2.45) is 0 Å². The third-order valence-corrected chi connectivity index (χ3v) is 3.07. The second-order valence-electron chi connectivity index (χ2n) is 4.31. The summed E-state index contributed by atoms with van der Waals surface area (Å²) in [5.41, 5.74) is 0. The number of carbonyl (C=O) groups excluding carboxylic acids is 1. The van der Waals surface area contributed by atoms with Crippen LogP contribution < -0.4 is 0 Å². The maximum Gasteiger partial charge on any atom is 0.330 e. The van der Waals surface area contributed by atoms with Crippen LogP contribution in [-0.2, 0) is 9.53 Å². The molecule has 0 aliphatic carbocycles. The van der Waals surface area contributed by atoms with Crippen molar-refractivity contribution in [3.8, 4) is 0 Å². The zero-order valence-corrected chi connectivity index (χ0v) is 10.6. The molecule has 1 unspecified atom stereocenters. The first-order valence-corrected chi connectivity index (χ1v) is 6.46. The van der Waals surface area contributed by atoms with E-state index >= 15 is 0 Å². The highest BCUT2D eigenvalue weighted by Gasteiger charge is 2.22. The summed E-state index contributed by atoms with van der Waals surface area (Å²) in [5, 5.41) is 8.83. The quantitative estimate of drug-likeness (QED) is 0.540. The largest absolute Gasteiger partial charge is 0.463 e. The average Bonchev–Trinajstić information content (AvgIpc) is 2.74. The fourth-order valence-electron chi connectivity index (χ4n) is 2.26. The number of hydrogen-bond donors (Lipinski definition) is 1. The molecule has 1 aliphatic heterocycles. The first-order chi connectivity index (χ1) is 8.27. The summed E-state index contributed by atoms with van der Waals surface area (Å²) in [4.78, 5) is 13.5. The van der Waals surface area contributed by atoms with Gasteiger partial charge in [-0.3, -0.25) is 4.90 Å². The molecule has 0 amide bonds. The summed E-state index contributed by atoms with van der Waals surface area (Å²) in [6, 6.07) is 0.564. The van der Waals surface area contributed by atoms with Gasteiger partial charge >= 0.3 is 5.97 Å². The number of carbonyl (C=O) groups is 1. The summed E-state index contributed by atoms with van der Waals surface area (Å²) in [6.45, 7) is 4.38. The van der Waals surface area contributed by atoms with Crippen LogP contribution in [0.25, 0.3) is 0 Å². The van der Waals surface area contributed by atoms with E-state index in [4.69, 9.17) is 9.84 Å². The van der Waals surface area contributed by atoms with Crippen molar-refractivity contribution in [3.63, 3.8) is 0 Å². The fourth-order valence-corrected chi connectivity index (χ4v) is 2.26. The molecule has 1 aliphatic rings. The Balaban J connectivity index is 2.27. The molecule has 0 aromatic heterocycles. The van der Waals surface area contributed by atoms with E-state index in [1.165, 1.54) is 18.9 Å². The summed E-state index contributed by atoms with van der Waals surface area (Å²) in [5.74, 6) is -0.265. The number of esters is 1. The van der Waals surface area contributed by atoms with Crippen LogP contribution in [0.2, 0.25) is 0 Å². The van der Waals surface area contributed by atoms with Gasteiger partial charge in [-0.2, -0.15) is 0 Å². The van der Waals surface area contributed by atoms with Crippen LogP contribution in [0, 0.1) is 0 Å². The van der Waals surface area contributed by atoms with Crippen molar-refractivity contribution in [1.82, 2.24) is 4.90 Å². The van der Waals surface area contributed by atoms with Crippen LogP contribution in [0.3, 0.4) is 0 Å². The molecule has 1 rings (SSSR count). The first-order valence-electron chi connectivity index (χ1n) is 6.46. The summed E-state index contributed by atoms with van der Waals surface area (Å²) in [7, 11) is 0. The molecular formula is C13H23NO3. The van der Waals surface area contributed by atoms with Gasteiger partial charge in [0.15, 0.2) is 0 Å². The van der Waals surface area contributed by atoms with E-state index in [1.807, 2.05) is 6.08 Å². The van der Waals surface area contributed by atoms with E-state index in [0.29, 0.717) is 12.6 Å². The Morgan fingerprint density at radius 1 is 1.59 bits per heavy atom. The van der Waals surface area contributed by atoms with Crippen LogP contribution in [0.4, 0.5) is 0 Å². The van der Waals surface area contributed by atoms with Crippen LogP contribution in [-0.4, -0.2) is 48.3 Å². The molecular weight excluding hydrogens is 218 g/mol. The number of nitrogens with zero attached hydrogens (tertiary/aromatic N) is 1. The number of likely N-dealkylation sites (tertiary alicyclic amines) is 1. The molecule has 1 saturated heterocycles. The van der Waals surface area contributed by atoms with Crippen molar-refractivity contribution in [1.29, 1.82) is 0 Å². The third kappa shape index (κ3) is 5.33. The zero-order valence-electron chi connectivity index (χ0n) is 10.6. The maximum atomic E-state index is 11.1. The number of hydrogen-bond acceptors (Lipinski definition) is 4. The van der Waals surface area contributed by atoms with Gasteiger partial charge in [0.25, 0.3) is 0 Å². The number of aliphatic hydroxyl groups excluding tert-OH is 1. The Bertz CT molecular complexity index is 253. The highest BCUT2D eigenvalue weighted by atomic mass is 16.5. The molecule has 4 nitrogen and oxygen atoms in total. The molecule has 0 aromatic carbocycles. The molecule has 4 heteroatoms. The Kier molecular flexibility index (Phi) is 6.89. The van der Waals surface area contributed by atoms with E-state index in [9.17, 15) is 4.79 Å². The van der Waals surface area contributed by atoms with E-state index in [0.717, 1.165) is 25.9 Å². The van der Waals surface area contributed by atoms with E-state index in [2.05, 4.69) is 4.90 Å². The minimum absolute atomic E-state index is 0.265. The van der Waals surface area contributed by atoms with Crippen LogP contribution in [0.15, 0.2) is 12.2 Å². The minimum atomic E-state index is -0.265. The van der Waals surface area contributed by atoms with Gasteiger partial charge in [0.05, 0.1) is 6.61 Å². The first kappa shape index (κ1) is 14.2. The molecule has 0 radical (unpaired) electrons. The van der Waals surface area contributed by atoms with E-state index in [1.54, 1.807) is 6.92 Å². The lowest BCUT2D eigenvalue weighted by Gasteiger charge is -2.22. The third-order valence-electron chi connectivity index (χ3n) is 3.07. The predicted octanol–water partition coefficient (Wildman–Crippen LogP) is 1.34. The molecule has 1 heterocycles. The van der Waals surface area contributed by atoms with Gasteiger partial charge in [0, 0.05) is 25.3 Å². The summed E-state index contributed by atoms with van der Waals surface area (Å²) < 4.78 is 4.82. The molecule has 1 N–H and O–H groups in total. The number of rotatable bonds is 7. The predicted molar refractivity (Wildman–Crippen MR) is 66.7 cm³/mol. The molecule has 0 aromatic rings. The molecule has 0 spiro atoms. The Morgan fingerprint density at radius 3 is 3.12 bits per heavy atom. The summed E-state index contributed by atoms with van der Waals surface area (Å²) in [6.07, 6.45) is 7.70. The Hall–Kier alpha value is -0.870. The van der Waals surface area contributed by atoms with Crippen LogP contribution in [0.5, 0.6) is 0 Å². The van der Waals surface area contributed by atoms with Crippen molar-refractivity contribution >= 4 is 5.97 Å². The standard InChI is InChI=1S/C13H23NO3/c1-2-17-13(16)8-4-10-14-9-3-6-12(14)7-5-11-15/h4,8,12,15H,2-3,5-7,9-11H2,1H3/b8-4+. The minimum Gasteiger partial charge on any atom is -0.463 e. The maximum absolute atomic E-state index is 11.1. The van der Waals surface area contributed by atoms with Crippen LogP contribution >= 0.6 is 0 Å². The molecule has 98 valence electrons. The van der Waals surface area contributed by atoms with Gasteiger partial charge < -0.3 is 9.84 Å². The van der Waals surface area contributed by atoms with Gasteiger partial charge in [-0.15, -0.1) is 0 Å². The van der Waals surface area contributed by atoms with E-state index < -0.39 is 0 Å². The monoisotopic (exact) mass is 241 g/mol. The van der Waals surface area contributed by atoms with Crippen molar-refractivity contribution < 1.29 is 14.6 Å². The molecule has 0 saturated carbocycles. The van der Waals surface area contributed by atoms with Gasteiger partial charge in [-0.05, 0) is 39.2 Å². The lowest BCUT2D eigenvalue weighted by molar-refractivity contribution is -0.137. The lowest BCUT2D eigenvalue weighted by Crippen LogP contribution is -2.29. The van der Waals surface area contributed by atoms with Crippen LogP contribution in [0.1, 0.15) is 32.6 Å². The highest BCUT2D eigenvalue weighted by Crippen LogP contribution is 2.20. The van der Waals surface area contributed by atoms with Gasteiger partial charge in [0.2, 0.25) is 0 Å². The average molecular weight is 241 g/mol. The second kappa shape index (κ2) is 8.25. The second-order valence-corrected chi connectivity index (χ2v) is 4.31. The Labute approximate surface area is 103 Å². The van der Waals surface area contributed by atoms with Gasteiger partial charge in [-0.1, -0.05) is 6.08 Å². The van der Waals surface area contributed by atoms with Crippen molar-refractivity contribution in [3.05, 3.63) is 12.2 Å². The van der Waals surface area contributed by atoms with Crippen molar-refractivity contribution in [2.75, 3.05) is 26.3 Å². The Morgan fingerprint density at radius 2 is 2.41 bits per heavy atom. The normalized spacial score (nSPS) is 21.2. The smallest absolute Gasteiger partial charge is 0.330 e. The topological polar surface area (TPSA) is 49.8 Å². The van der Waals surface area contributed by atoms with Crippen molar-refractivity contribution in [2.45, 2.75) is 38.6 Å². The fraction of sp³-hybridized carbons (Fsp3) is 0.769.